The van der Waals surface area contributed by atoms with Gasteiger partial charge in [0.05, 0.1) is 28.0 Å². The summed E-state index contributed by atoms with van der Waals surface area (Å²) in [5, 5.41) is 2.48. The van der Waals surface area contributed by atoms with E-state index in [1.807, 2.05) is 0 Å². The average Bonchev–Trinajstić information content (AvgIpc) is 4.03. The third-order valence-corrected chi connectivity index (χ3v) is 15.2. The molecule has 3 heteroatoms. The Labute approximate surface area is 414 Å². The van der Waals surface area contributed by atoms with Gasteiger partial charge in [-0.3, -0.25) is 0 Å². The molecule has 1 heterocycles. The minimum absolute atomic E-state index is 0.668. The number of aromatic nitrogens is 1. The van der Waals surface area contributed by atoms with Crippen molar-refractivity contribution in [2.24, 2.45) is 7.05 Å². The second kappa shape index (κ2) is 16.2. The van der Waals surface area contributed by atoms with Gasteiger partial charge in [0.2, 0.25) is 0 Å². The van der Waals surface area contributed by atoms with Gasteiger partial charge in [0.25, 0.3) is 0 Å². The summed E-state index contributed by atoms with van der Waals surface area (Å²) in [6.07, 6.45) is 0. The number of para-hydroxylation sites is 5. The second-order valence-corrected chi connectivity index (χ2v) is 18.8. The Hall–Kier alpha value is -9.18. The van der Waals surface area contributed by atoms with Crippen LogP contribution in [0.2, 0.25) is 0 Å². The van der Waals surface area contributed by atoms with E-state index in [4.69, 9.17) is 0 Å². The van der Waals surface area contributed by atoms with Crippen LogP contribution in [0.25, 0.3) is 66.3 Å². The standard InChI is InChI=1S/C68H47N3/c1-69-63-40-22-19-36-53(63)54-37-23-41-64(67(54)69)71(50-32-15-6-16-33-50)66-45-62-58(43-56(66)47-26-9-3-10-27-47)52-35-18-21-39-60(52)68(62)59-38-20-17-34-51(59)57-42-55(46-24-7-2-8-25-46)65(44-61(57)68)70(48-28-11-4-12-29-48)49-30-13-5-14-31-49/h2-45H,1H3. The molecule has 1 atom stereocenters. The van der Waals surface area contributed by atoms with Crippen molar-refractivity contribution < 1.29 is 0 Å². The molecule has 1 unspecified atom stereocenters. The molecule has 0 radical (unpaired) electrons. The molecule has 2 aliphatic rings. The van der Waals surface area contributed by atoms with E-state index in [2.05, 4.69) is 288 Å². The predicted molar refractivity (Wildman–Crippen MR) is 297 cm³/mol. The summed E-state index contributed by atoms with van der Waals surface area (Å²) in [5.41, 5.74) is 23.2. The van der Waals surface area contributed by atoms with Gasteiger partial charge in [-0.1, -0.05) is 194 Å². The van der Waals surface area contributed by atoms with Crippen molar-refractivity contribution in [3.05, 3.63) is 289 Å². The number of hydrogen-bond donors (Lipinski definition) is 0. The van der Waals surface area contributed by atoms with Crippen molar-refractivity contribution in [2.75, 3.05) is 9.80 Å². The summed E-state index contributed by atoms with van der Waals surface area (Å²) in [4.78, 5) is 4.98. The van der Waals surface area contributed by atoms with Crippen LogP contribution in [0.1, 0.15) is 22.3 Å². The summed E-state index contributed by atoms with van der Waals surface area (Å²) < 4.78 is 2.38. The number of nitrogens with zero attached hydrogens (tertiary/aromatic N) is 3. The van der Waals surface area contributed by atoms with Gasteiger partial charge in [0.15, 0.2) is 0 Å². The Kier molecular flexibility index (Phi) is 9.33. The SMILES string of the molecule is Cn1c2ccccc2c2cccc(N(c3ccccc3)c3cc4c(cc3-c3ccccc3)-c3ccccc3C43c4ccccc4-c4cc(-c5ccccc5)c(N(c5ccccc5)c5ccccc5)cc43)c21. The van der Waals surface area contributed by atoms with E-state index in [1.54, 1.807) is 0 Å². The highest BCUT2D eigenvalue weighted by molar-refractivity contribution is 6.14. The fourth-order valence-corrected chi connectivity index (χ4v) is 12.2. The number of aryl methyl sites for hydroxylation is 1. The van der Waals surface area contributed by atoms with Crippen LogP contribution in [0.5, 0.6) is 0 Å². The van der Waals surface area contributed by atoms with Gasteiger partial charge in [-0.25, -0.2) is 0 Å². The van der Waals surface area contributed by atoms with Gasteiger partial charge in [-0.05, 0) is 128 Å². The van der Waals surface area contributed by atoms with Crippen LogP contribution in [0.4, 0.5) is 34.1 Å². The molecule has 12 aromatic rings. The van der Waals surface area contributed by atoms with Crippen molar-refractivity contribution in [3.8, 4) is 44.5 Å². The summed E-state index contributed by atoms with van der Waals surface area (Å²) in [6, 6.07) is 98.7. The summed E-state index contributed by atoms with van der Waals surface area (Å²) >= 11 is 0. The molecular weight excluding hydrogens is 859 g/mol. The Morgan fingerprint density at radius 3 is 1.23 bits per heavy atom. The molecule has 0 saturated carbocycles. The van der Waals surface area contributed by atoms with Gasteiger partial charge in [-0.2, -0.15) is 0 Å². The normalized spacial score (nSPS) is 14.0. The quantitative estimate of drug-likeness (QED) is 0.151. The molecule has 1 aromatic heterocycles. The first kappa shape index (κ1) is 40.8. The minimum atomic E-state index is -0.668. The van der Waals surface area contributed by atoms with Crippen LogP contribution >= 0.6 is 0 Å². The first-order chi connectivity index (χ1) is 35.2. The lowest BCUT2D eigenvalue weighted by Crippen LogP contribution is -2.27. The van der Waals surface area contributed by atoms with Crippen molar-refractivity contribution in [1.29, 1.82) is 0 Å². The van der Waals surface area contributed by atoms with Crippen LogP contribution in [-0.2, 0) is 12.5 Å². The zero-order valence-electron chi connectivity index (χ0n) is 39.2. The molecule has 0 amide bonds. The molecule has 3 nitrogen and oxygen atoms in total. The molecule has 0 aliphatic heterocycles. The zero-order chi connectivity index (χ0) is 47.0. The lowest BCUT2D eigenvalue weighted by molar-refractivity contribution is 0.793. The van der Waals surface area contributed by atoms with Crippen LogP contribution in [0.15, 0.2) is 267 Å². The molecule has 1 spiro atoms. The van der Waals surface area contributed by atoms with Crippen molar-refractivity contribution in [3.63, 3.8) is 0 Å². The van der Waals surface area contributed by atoms with E-state index >= 15 is 0 Å². The Morgan fingerprint density at radius 1 is 0.296 bits per heavy atom. The highest BCUT2D eigenvalue weighted by Crippen LogP contribution is 2.65. The summed E-state index contributed by atoms with van der Waals surface area (Å²) in [6.45, 7) is 0. The Bertz CT molecular complexity index is 3940. The maximum absolute atomic E-state index is 2.56. The molecule has 0 bridgehead atoms. The first-order valence-electron chi connectivity index (χ1n) is 24.6. The monoisotopic (exact) mass is 905 g/mol. The number of hydrogen-bond acceptors (Lipinski definition) is 2. The lowest BCUT2D eigenvalue weighted by Gasteiger charge is -2.35. The number of rotatable bonds is 8. The lowest BCUT2D eigenvalue weighted by atomic mass is 9.70. The van der Waals surface area contributed by atoms with E-state index < -0.39 is 5.41 Å². The third-order valence-electron chi connectivity index (χ3n) is 15.2. The highest BCUT2D eigenvalue weighted by atomic mass is 15.2. The molecule has 2 aliphatic carbocycles. The maximum atomic E-state index is 2.56. The molecule has 0 saturated heterocycles. The average molecular weight is 906 g/mol. The van der Waals surface area contributed by atoms with Gasteiger partial charge in [0, 0.05) is 51.5 Å². The molecular formula is C68H47N3. The van der Waals surface area contributed by atoms with Gasteiger partial charge in [0.1, 0.15) is 0 Å². The highest BCUT2D eigenvalue weighted by Gasteiger charge is 2.53. The Balaban J connectivity index is 1.12. The molecule has 0 fully saturated rings. The number of fused-ring (bicyclic) bond motifs is 13. The zero-order valence-corrected chi connectivity index (χ0v) is 39.2. The molecule has 14 rings (SSSR count). The molecule has 0 N–H and O–H groups in total. The second-order valence-electron chi connectivity index (χ2n) is 18.8. The van der Waals surface area contributed by atoms with Crippen LogP contribution in [0.3, 0.4) is 0 Å². The van der Waals surface area contributed by atoms with Crippen LogP contribution in [-0.4, -0.2) is 4.57 Å². The van der Waals surface area contributed by atoms with E-state index in [0.717, 1.165) is 39.7 Å². The Morgan fingerprint density at radius 2 is 0.704 bits per heavy atom. The summed E-state index contributed by atoms with van der Waals surface area (Å²) in [7, 11) is 2.21. The minimum Gasteiger partial charge on any atom is -0.342 e. The maximum Gasteiger partial charge on any atom is 0.0733 e. The number of anilines is 6. The smallest absolute Gasteiger partial charge is 0.0733 e. The van der Waals surface area contributed by atoms with E-state index in [0.29, 0.717) is 0 Å². The summed E-state index contributed by atoms with van der Waals surface area (Å²) in [5.74, 6) is 0. The molecule has 334 valence electrons. The van der Waals surface area contributed by atoms with Gasteiger partial charge < -0.3 is 14.4 Å². The first-order valence-corrected chi connectivity index (χ1v) is 24.6. The van der Waals surface area contributed by atoms with Crippen molar-refractivity contribution in [2.45, 2.75) is 5.41 Å². The van der Waals surface area contributed by atoms with Gasteiger partial charge >= 0.3 is 0 Å². The largest absolute Gasteiger partial charge is 0.342 e. The fourth-order valence-electron chi connectivity index (χ4n) is 12.2. The fraction of sp³-hybridized carbons (Fsp3) is 0.0294. The van der Waals surface area contributed by atoms with Crippen molar-refractivity contribution in [1.82, 2.24) is 4.57 Å². The topological polar surface area (TPSA) is 11.4 Å². The van der Waals surface area contributed by atoms with Crippen LogP contribution < -0.4 is 9.80 Å². The predicted octanol–water partition coefficient (Wildman–Crippen LogP) is 17.9. The van der Waals surface area contributed by atoms with Crippen LogP contribution in [0, 0.1) is 0 Å². The molecule has 11 aromatic carbocycles. The van der Waals surface area contributed by atoms with E-state index in [-0.39, 0.29) is 0 Å². The van der Waals surface area contributed by atoms with Gasteiger partial charge in [-0.15, -0.1) is 0 Å². The van der Waals surface area contributed by atoms with E-state index in [9.17, 15) is 0 Å². The molecule has 71 heavy (non-hydrogen) atoms. The van der Waals surface area contributed by atoms with E-state index in [1.165, 1.54) is 83.0 Å². The van der Waals surface area contributed by atoms with Crippen molar-refractivity contribution >= 4 is 55.9 Å². The third kappa shape index (κ3) is 6.09. The number of benzene rings is 11.